The molecule has 162 valence electrons. The van der Waals surface area contributed by atoms with Crippen LogP contribution in [0.2, 0.25) is 0 Å². The number of ether oxygens (including phenoxy) is 2. The molecule has 2 N–H and O–H groups in total. The van der Waals surface area contributed by atoms with E-state index in [4.69, 9.17) is 14.5 Å². The normalized spacial score (nSPS) is 36.7. The number of aliphatic imine (C=N–C) groups is 1. The number of hydrogen-bond donors (Lipinski definition) is 2. The van der Waals surface area contributed by atoms with Gasteiger partial charge in [-0.15, -0.1) is 24.0 Å². The molecular weight excluding hydrogens is 465 g/mol. The van der Waals surface area contributed by atoms with Crippen molar-refractivity contribution in [2.75, 3.05) is 26.3 Å². The van der Waals surface area contributed by atoms with Gasteiger partial charge in [0.15, 0.2) is 5.96 Å². The molecule has 0 radical (unpaired) electrons. The van der Waals surface area contributed by atoms with Gasteiger partial charge < -0.3 is 20.1 Å². The lowest BCUT2D eigenvalue weighted by molar-refractivity contribution is -0.171. The van der Waals surface area contributed by atoms with E-state index in [1.165, 1.54) is 32.1 Å². The van der Waals surface area contributed by atoms with Crippen LogP contribution in [0.5, 0.6) is 0 Å². The first-order valence-corrected chi connectivity index (χ1v) is 11.2. The molecule has 5 unspecified atom stereocenters. The maximum Gasteiger partial charge on any atom is 0.191 e. The third-order valence-electron chi connectivity index (χ3n) is 7.45. The first-order valence-electron chi connectivity index (χ1n) is 11.2. The van der Waals surface area contributed by atoms with Crippen LogP contribution in [-0.4, -0.2) is 50.5 Å². The minimum absolute atomic E-state index is 0. The van der Waals surface area contributed by atoms with Crippen LogP contribution in [0.25, 0.3) is 0 Å². The van der Waals surface area contributed by atoms with Crippen molar-refractivity contribution in [2.45, 2.75) is 84.5 Å². The van der Waals surface area contributed by atoms with Gasteiger partial charge in [-0.1, -0.05) is 27.2 Å². The van der Waals surface area contributed by atoms with Crippen LogP contribution < -0.4 is 10.6 Å². The Morgan fingerprint density at radius 3 is 2.54 bits per heavy atom. The van der Waals surface area contributed by atoms with Gasteiger partial charge in [0.2, 0.25) is 0 Å². The van der Waals surface area contributed by atoms with Crippen LogP contribution in [-0.2, 0) is 9.47 Å². The van der Waals surface area contributed by atoms with Crippen molar-refractivity contribution in [1.82, 2.24) is 10.6 Å². The molecule has 6 heteroatoms. The van der Waals surface area contributed by atoms with E-state index in [1.807, 2.05) is 0 Å². The minimum atomic E-state index is 0. The van der Waals surface area contributed by atoms with E-state index in [9.17, 15) is 0 Å². The fourth-order valence-electron chi connectivity index (χ4n) is 6.12. The first kappa shape index (κ1) is 22.6. The molecule has 2 heterocycles. The monoisotopic (exact) mass is 505 g/mol. The highest BCUT2D eigenvalue weighted by atomic mass is 127. The molecule has 0 aromatic carbocycles. The Morgan fingerprint density at radius 2 is 1.89 bits per heavy atom. The number of halogens is 1. The predicted molar refractivity (Wildman–Crippen MR) is 124 cm³/mol. The van der Waals surface area contributed by atoms with Gasteiger partial charge in [-0.05, 0) is 44.4 Å². The fourth-order valence-corrected chi connectivity index (χ4v) is 6.12. The van der Waals surface area contributed by atoms with E-state index >= 15 is 0 Å². The SMILES string of the molecule is CCNC(=NCC1CCCOC1C(C)(C)C)NC1C2CCOC2C12CCC2.I. The summed E-state index contributed by atoms with van der Waals surface area (Å²) in [5.74, 6) is 2.18. The second kappa shape index (κ2) is 8.96. The summed E-state index contributed by atoms with van der Waals surface area (Å²) >= 11 is 0. The quantitative estimate of drug-likeness (QED) is 0.345. The molecule has 1 spiro atoms. The van der Waals surface area contributed by atoms with E-state index in [-0.39, 0.29) is 29.4 Å². The highest BCUT2D eigenvalue weighted by Gasteiger charge is 2.66. The average Bonchev–Trinajstić information content (AvgIpc) is 3.00. The van der Waals surface area contributed by atoms with Gasteiger partial charge >= 0.3 is 0 Å². The summed E-state index contributed by atoms with van der Waals surface area (Å²) in [5, 5.41) is 7.33. The average molecular weight is 505 g/mol. The second-order valence-electron chi connectivity index (χ2n) is 10.2. The molecule has 2 saturated carbocycles. The summed E-state index contributed by atoms with van der Waals surface area (Å²) in [4.78, 5) is 5.03. The highest BCUT2D eigenvalue weighted by molar-refractivity contribution is 14.0. The molecule has 2 aliphatic carbocycles. The molecule has 5 atom stereocenters. The van der Waals surface area contributed by atoms with Crippen LogP contribution in [0.1, 0.15) is 66.2 Å². The Kier molecular flexibility index (Phi) is 7.24. The van der Waals surface area contributed by atoms with Gasteiger partial charge in [0, 0.05) is 49.6 Å². The number of nitrogens with zero attached hydrogens (tertiary/aromatic N) is 1. The van der Waals surface area contributed by atoms with Crippen LogP contribution in [0.3, 0.4) is 0 Å². The van der Waals surface area contributed by atoms with E-state index in [2.05, 4.69) is 38.3 Å². The van der Waals surface area contributed by atoms with Crippen molar-refractivity contribution in [3.05, 3.63) is 0 Å². The number of nitrogens with one attached hydrogen (secondary N) is 2. The predicted octanol–water partition coefficient (Wildman–Crippen LogP) is 3.96. The van der Waals surface area contributed by atoms with E-state index in [0.29, 0.717) is 35.5 Å². The Balaban J connectivity index is 0.00000225. The summed E-state index contributed by atoms with van der Waals surface area (Å²) in [7, 11) is 0. The highest BCUT2D eigenvalue weighted by Crippen LogP contribution is 2.62. The zero-order valence-electron chi connectivity index (χ0n) is 18.1. The molecule has 2 saturated heterocycles. The standard InChI is InChI=1S/C22H39N3O2.HI/c1-5-23-20(24-14-15-8-6-12-26-18(15)21(2,3)4)25-17-16-9-13-27-19(16)22(17)10-7-11-22;/h15-19H,5-14H2,1-4H3,(H2,23,24,25);1H. The zero-order chi connectivity index (χ0) is 19.1. The third kappa shape index (κ3) is 4.07. The smallest absolute Gasteiger partial charge is 0.191 e. The first-order chi connectivity index (χ1) is 13.0. The van der Waals surface area contributed by atoms with Crippen molar-refractivity contribution < 1.29 is 9.47 Å². The molecule has 5 nitrogen and oxygen atoms in total. The summed E-state index contributed by atoms with van der Waals surface area (Å²) in [6.45, 7) is 12.6. The molecule has 4 rings (SSSR count). The van der Waals surface area contributed by atoms with Gasteiger partial charge in [0.1, 0.15) is 0 Å². The van der Waals surface area contributed by atoms with Crippen molar-refractivity contribution in [2.24, 2.45) is 27.7 Å². The molecule has 0 bridgehead atoms. The van der Waals surface area contributed by atoms with Crippen molar-refractivity contribution >= 4 is 29.9 Å². The number of fused-ring (bicyclic) bond motifs is 2. The maximum atomic E-state index is 6.15. The van der Waals surface area contributed by atoms with Crippen LogP contribution in [0.15, 0.2) is 4.99 Å². The summed E-state index contributed by atoms with van der Waals surface area (Å²) in [6.07, 6.45) is 8.36. The van der Waals surface area contributed by atoms with Gasteiger partial charge in [0.25, 0.3) is 0 Å². The zero-order valence-corrected chi connectivity index (χ0v) is 20.5. The lowest BCUT2D eigenvalue weighted by Gasteiger charge is -2.63. The summed E-state index contributed by atoms with van der Waals surface area (Å²) in [6, 6.07) is 0.539. The molecule has 0 aromatic rings. The van der Waals surface area contributed by atoms with Crippen molar-refractivity contribution in [3.8, 4) is 0 Å². The molecule has 4 aliphatic rings. The molecule has 0 aromatic heterocycles. The van der Waals surface area contributed by atoms with Crippen LogP contribution in [0, 0.1) is 22.7 Å². The Morgan fingerprint density at radius 1 is 1.11 bits per heavy atom. The second-order valence-corrected chi connectivity index (χ2v) is 10.2. The minimum Gasteiger partial charge on any atom is -0.377 e. The Labute approximate surface area is 188 Å². The molecule has 28 heavy (non-hydrogen) atoms. The number of rotatable bonds is 4. The lowest BCUT2D eigenvalue weighted by Crippen LogP contribution is -2.72. The topological polar surface area (TPSA) is 54.9 Å². The number of guanidine groups is 1. The van der Waals surface area contributed by atoms with Gasteiger partial charge in [0.05, 0.1) is 12.2 Å². The fraction of sp³-hybridized carbons (Fsp3) is 0.955. The summed E-state index contributed by atoms with van der Waals surface area (Å²) < 4.78 is 12.2. The Hall–Kier alpha value is -0.0800. The van der Waals surface area contributed by atoms with Crippen molar-refractivity contribution in [1.29, 1.82) is 0 Å². The number of hydrogen-bond acceptors (Lipinski definition) is 3. The summed E-state index contributed by atoms with van der Waals surface area (Å²) in [5.41, 5.74) is 0.560. The molecular formula is C22H40IN3O2. The van der Waals surface area contributed by atoms with Gasteiger partial charge in [-0.3, -0.25) is 4.99 Å². The van der Waals surface area contributed by atoms with E-state index in [1.54, 1.807) is 0 Å². The van der Waals surface area contributed by atoms with Gasteiger partial charge in [-0.25, -0.2) is 0 Å². The third-order valence-corrected chi connectivity index (χ3v) is 7.45. The van der Waals surface area contributed by atoms with Crippen LogP contribution >= 0.6 is 24.0 Å². The van der Waals surface area contributed by atoms with Gasteiger partial charge in [-0.2, -0.15) is 0 Å². The molecule has 0 amide bonds. The van der Waals surface area contributed by atoms with E-state index < -0.39 is 0 Å². The van der Waals surface area contributed by atoms with Crippen LogP contribution in [0.4, 0.5) is 0 Å². The van der Waals surface area contributed by atoms with Crippen molar-refractivity contribution in [3.63, 3.8) is 0 Å². The largest absolute Gasteiger partial charge is 0.377 e. The van der Waals surface area contributed by atoms with E-state index in [0.717, 1.165) is 38.7 Å². The Bertz CT molecular complexity index is 558. The molecule has 4 fully saturated rings. The maximum absolute atomic E-state index is 6.15. The molecule has 2 aliphatic heterocycles. The lowest BCUT2D eigenvalue weighted by atomic mass is 9.46.